The lowest BCUT2D eigenvalue weighted by molar-refractivity contribution is 0.116. The van der Waals surface area contributed by atoms with Crippen molar-refractivity contribution in [2.75, 3.05) is 25.2 Å². The van der Waals surface area contributed by atoms with Gasteiger partial charge in [0.15, 0.2) is 0 Å². The molecule has 0 bridgehead atoms. The van der Waals surface area contributed by atoms with Crippen molar-refractivity contribution in [3.63, 3.8) is 0 Å². The number of carbonyl (C=O) groups is 1. The maximum Gasteiger partial charge on any atom is 0.407 e. The molecule has 0 heterocycles. The first-order chi connectivity index (χ1) is 6.24. The minimum Gasteiger partial charge on any atom is -0.447 e. The number of ether oxygens (including phenoxy) is 1. The summed E-state index contributed by atoms with van der Waals surface area (Å²) in [5.41, 5.74) is 0. The van der Waals surface area contributed by atoms with E-state index >= 15 is 0 Å². The van der Waals surface area contributed by atoms with Gasteiger partial charge in [0, 0.05) is 11.8 Å². The molecular formula is C8H17NO3S. The molecule has 0 saturated heterocycles. The van der Waals surface area contributed by atoms with Gasteiger partial charge in [-0.2, -0.15) is 11.8 Å². The number of carbonyl (C=O) groups excluding carboxylic acids is 1. The van der Waals surface area contributed by atoms with Gasteiger partial charge < -0.3 is 15.2 Å². The fourth-order valence-corrected chi connectivity index (χ4v) is 1.53. The lowest BCUT2D eigenvalue weighted by Crippen LogP contribution is -2.36. The average molecular weight is 207 g/mol. The Morgan fingerprint density at radius 1 is 1.69 bits per heavy atom. The molecule has 0 aliphatic rings. The third-order valence-corrected chi connectivity index (χ3v) is 2.24. The normalized spacial score (nSPS) is 12.2. The topological polar surface area (TPSA) is 58.6 Å². The summed E-state index contributed by atoms with van der Waals surface area (Å²) in [6.07, 6.45) is 2.42. The van der Waals surface area contributed by atoms with E-state index in [-0.39, 0.29) is 19.3 Å². The number of hydrogen-bond acceptors (Lipinski definition) is 4. The van der Waals surface area contributed by atoms with E-state index in [1.165, 1.54) is 0 Å². The number of amides is 1. The Morgan fingerprint density at radius 2 is 2.38 bits per heavy atom. The molecule has 0 aliphatic carbocycles. The van der Waals surface area contributed by atoms with Crippen LogP contribution in [0.3, 0.4) is 0 Å². The van der Waals surface area contributed by atoms with Crippen LogP contribution in [0.1, 0.15) is 13.3 Å². The van der Waals surface area contributed by atoms with E-state index in [1.54, 1.807) is 11.8 Å². The first-order valence-corrected chi connectivity index (χ1v) is 5.67. The van der Waals surface area contributed by atoms with Gasteiger partial charge >= 0.3 is 6.09 Å². The van der Waals surface area contributed by atoms with Crippen LogP contribution in [0.15, 0.2) is 0 Å². The van der Waals surface area contributed by atoms with Gasteiger partial charge in [-0.1, -0.05) is 6.92 Å². The van der Waals surface area contributed by atoms with Crippen molar-refractivity contribution in [1.82, 2.24) is 5.32 Å². The second kappa shape index (κ2) is 8.19. The number of rotatable bonds is 6. The maximum absolute atomic E-state index is 11.0. The van der Waals surface area contributed by atoms with Crippen LogP contribution in [0.25, 0.3) is 0 Å². The zero-order valence-corrected chi connectivity index (χ0v) is 8.89. The Kier molecular flexibility index (Phi) is 7.93. The van der Waals surface area contributed by atoms with Crippen molar-refractivity contribution in [3.8, 4) is 0 Å². The summed E-state index contributed by atoms with van der Waals surface area (Å²) in [5, 5.41) is 11.1. The molecule has 0 aromatic carbocycles. The number of thioether (sulfide) groups is 1. The van der Waals surface area contributed by atoms with Gasteiger partial charge in [-0.25, -0.2) is 4.79 Å². The van der Waals surface area contributed by atoms with Gasteiger partial charge in [-0.3, -0.25) is 0 Å². The monoisotopic (exact) mass is 207 g/mol. The van der Waals surface area contributed by atoms with Crippen LogP contribution >= 0.6 is 11.8 Å². The number of aliphatic hydroxyl groups is 1. The van der Waals surface area contributed by atoms with Gasteiger partial charge in [0.1, 0.15) is 6.61 Å². The van der Waals surface area contributed by atoms with Crippen molar-refractivity contribution in [2.24, 2.45) is 0 Å². The fraction of sp³-hybridized carbons (Fsp3) is 0.875. The SMILES string of the molecule is CCC(CSC)NC(=O)OCCO. The van der Waals surface area contributed by atoms with Gasteiger partial charge in [0.25, 0.3) is 0 Å². The van der Waals surface area contributed by atoms with Crippen LogP contribution in [0.4, 0.5) is 4.79 Å². The van der Waals surface area contributed by atoms with E-state index in [2.05, 4.69) is 10.1 Å². The lowest BCUT2D eigenvalue weighted by Gasteiger charge is -2.14. The smallest absolute Gasteiger partial charge is 0.407 e. The number of nitrogens with one attached hydrogen (secondary N) is 1. The number of alkyl carbamates (subject to hydrolysis) is 1. The Morgan fingerprint density at radius 3 is 2.85 bits per heavy atom. The Hall–Kier alpha value is -0.420. The van der Waals surface area contributed by atoms with Crippen LogP contribution in [-0.2, 0) is 4.74 Å². The molecule has 1 atom stereocenters. The van der Waals surface area contributed by atoms with Crippen molar-refractivity contribution >= 4 is 17.9 Å². The molecule has 4 nitrogen and oxygen atoms in total. The van der Waals surface area contributed by atoms with Crippen LogP contribution in [0.2, 0.25) is 0 Å². The molecule has 0 aromatic heterocycles. The lowest BCUT2D eigenvalue weighted by atomic mass is 10.3. The van der Waals surface area contributed by atoms with E-state index in [0.717, 1.165) is 12.2 Å². The highest BCUT2D eigenvalue weighted by Crippen LogP contribution is 2.00. The Bertz CT molecular complexity index is 143. The minimum atomic E-state index is -0.449. The van der Waals surface area contributed by atoms with Crippen molar-refractivity contribution in [3.05, 3.63) is 0 Å². The number of hydrogen-bond donors (Lipinski definition) is 2. The second-order valence-electron chi connectivity index (χ2n) is 2.56. The summed E-state index contributed by atoms with van der Waals surface area (Å²) >= 11 is 1.68. The standard InChI is InChI=1S/C8H17NO3S/c1-3-7(6-13-2)9-8(11)12-5-4-10/h7,10H,3-6H2,1-2H3,(H,9,11). The van der Waals surface area contributed by atoms with Crippen LogP contribution in [0.5, 0.6) is 0 Å². The predicted octanol–water partition coefficient (Wildman–Crippen LogP) is 0.847. The van der Waals surface area contributed by atoms with Gasteiger partial charge in [-0.15, -0.1) is 0 Å². The third kappa shape index (κ3) is 6.72. The molecule has 1 amide bonds. The molecule has 5 heteroatoms. The maximum atomic E-state index is 11.0. The molecule has 0 rings (SSSR count). The molecule has 0 aliphatic heterocycles. The largest absolute Gasteiger partial charge is 0.447 e. The Balaban J connectivity index is 3.60. The van der Waals surface area contributed by atoms with E-state index in [0.29, 0.717) is 0 Å². The predicted molar refractivity (Wildman–Crippen MR) is 54.0 cm³/mol. The summed E-state index contributed by atoms with van der Waals surface area (Å²) in [6.45, 7) is 1.93. The summed E-state index contributed by atoms with van der Waals surface area (Å²) in [7, 11) is 0. The molecule has 1 unspecified atom stereocenters. The van der Waals surface area contributed by atoms with Crippen molar-refractivity contribution in [1.29, 1.82) is 0 Å². The highest BCUT2D eigenvalue weighted by molar-refractivity contribution is 7.98. The second-order valence-corrected chi connectivity index (χ2v) is 3.48. The number of aliphatic hydroxyl groups excluding tert-OH is 1. The highest BCUT2D eigenvalue weighted by Gasteiger charge is 2.09. The zero-order valence-electron chi connectivity index (χ0n) is 8.08. The van der Waals surface area contributed by atoms with Gasteiger partial charge in [0.2, 0.25) is 0 Å². The molecule has 0 aromatic rings. The van der Waals surface area contributed by atoms with Crippen LogP contribution in [-0.4, -0.2) is 42.5 Å². The average Bonchev–Trinajstić information content (AvgIpc) is 2.14. The molecule has 78 valence electrons. The minimum absolute atomic E-state index is 0.0571. The van der Waals surface area contributed by atoms with Crippen molar-refractivity contribution < 1.29 is 14.6 Å². The highest BCUT2D eigenvalue weighted by atomic mass is 32.2. The molecule has 13 heavy (non-hydrogen) atoms. The van der Waals surface area contributed by atoms with Crippen molar-refractivity contribution in [2.45, 2.75) is 19.4 Å². The summed E-state index contributed by atoms with van der Waals surface area (Å²) in [6, 6.07) is 0.154. The van der Waals surface area contributed by atoms with E-state index in [9.17, 15) is 4.79 Å². The molecule has 0 spiro atoms. The van der Waals surface area contributed by atoms with E-state index < -0.39 is 6.09 Å². The van der Waals surface area contributed by atoms with E-state index in [4.69, 9.17) is 5.11 Å². The summed E-state index contributed by atoms with van der Waals surface area (Å²) in [5.74, 6) is 0.880. The summed E-state index contributed by atoms with van der Waals surface area (Å²) in [4.78, 5) is 11.0. The third-order valence-electron chi connectivity index (χ3n) is 1.51. The fourth-order valence-electron chi connectivity index (χ4n) is 0.809. The van der Waals surface area contributed by atoms with Crippen LogP contribution in [0, 0.1) is 0 Å². The first kappa shape index (κ1) is 12.6. The Labute approximate surface area is 83.0 Å². The summed E-state index contributed by atoms with van der Waals surface area (Å²) < 4.78 is 4.66. The molecule has 2 N–H and O–H groups in total. The quantitative estimate of drug-likeness (QED) is 0.678. The van der Waals surface area contributed by atoms with Crippen LogP contribution < -0.4 is 5.32 Å². The van der Waals surface area contributed by atoms with E-state index in [1.807, 2.05) is 13.2 Å². The molecule has 0 saturated carbocycles. The molecular weight excluding hydrogens is 190 g/mol. The molecule has 0 radical (unpaired) electrons. The first-order valence-electron chi connectivity index (χ1n) is 4.27. The zero-order chi connectivity index (χ0) is 10.1. The molecule has 0 fully saturated rings. The van der Waals surface area contributed by atoms with Gasteiger partial charge in [-0.05, 0) is 12.7 Å². The van der Waals surface area contributed by atoms with Gasteiger partial charge in [0.05, 0.1) is 6.61 Å².